The van der Waals surface area contributed by atoms with Gasteiger partial charge in [-0.05, 0) is 84.9 Å². The third-order valence-electron chi connectivity index (χ3n) is 7.70. The summed E-state index contributed by atoms with van der Waals surface area (Å²) >= 11 is 3.30. The fourth-order valence-electron chi connectivity index (χ4n) is 5.17. The maximum Gasteiger partial charge on any atom is 0.453 e. The van der Waals surface area contributed by atoms with E-state index in [1.807, 2.05) is 30.0 Å². The van der Waals surface area contributed by atoms with E-state index >= 15 is 0 Å². The molecular formula is C31H41F5O3S2. The summed E-state index contributed by atoms with van der Waals surface area (Å²) in [6, 6.07) is 14.8. The number of benzene rings is 2. The Labute approximate surface area is 249 Å². The van der Waals surface area contributed by atoms with Crippen molar-refractivity contribution in [2.45, 2.75) is 80.2 Å². The average molecular weight is 621 g/mol. The molecule has 2 unspecified atom stereocenters. The molecule has 0 amide bonds. The van der Waals surface area contributed by atoms with Crippen molar-refractivity contribution >= 4 is 23.5 Å². The van der Waals surface area contributed by atoms with Gasteiger partial charge in [0.05, 0.1) is 14.2 Å². The largest absolute Gasteiger partial charge is 0.497 e. The average Bonchev–Trinajstić information content (AvgIpc) is 2.95. The van der Waals surface area contributed by atoms with Crippen LogP contribution in [0.3, 0.4) is 0 Å². The normalized spacial score (nSPS) is 19.2. The van der Waals surface area contributed by atoms with Crippen LogP contribution >= 0.6 is 23.5 Å². The molecule has 0 bridgehead atoms. The number of thioether (sulfide) groups is 2. The lowest BCUT2D eigenvalue weighted by Crippen LogP contribution is -2.36. The van der Waals surface area contributed by atoms with E-state index in [2.05, 4.69) is 31.2 Å². The number of methoxy groups -OCH3 is 2. The Bertz CT molecular complexity index is 1060. The van der Waals surface area contributed by atoms with Crippen molar-refractivity contribution in [1.82, 2.24) is 0 Å². The van der Waals surface area contributed by atoms with Gasteiger partial charge in [0.25, 0.3) is 0 Å². The van der Waals surface area contributed by atoms with Crippen LogP contribution in [0, 0.1) is 0 Å². The first-order chi connectivity index (χ1) is 19.5. The number of rotatable bonds is 17. The van der Waals surface area contributed by atoms with E-state index in [0.717, 1.165) is 55.1 Å². The van der Waals surface area contributed by atoms with Crippen molar-refractivity contribution < 1.29 is 36.2 Å². The molecule has 3 nitrogen and oxygen atoms in total. The number of alkyl halides is 5. The molecule has 41 heavy (non-hydrogen) atoms. The Hall–Kier alpha value is -1.65. The van der Waals surface area contributed by atoms with E-state index in [-0.39, 0.29) is 11.8 Å². The lowest BCUT2D eigenvalue weighted by Gasteiger charge is -2.43. The summed E-state index contributed by atoms with van der Waals surface area (Å²) in [6.45, 7) is 3.68. The van der Waals surface area contributed by atoms with Crippen LogP contribution in [0.15, 0.2) is 47.4 Å². The second kappa shape index (κ2) is 15.7. The maximum atomic E-state index is 12.9. The van der Waals surface area contributed by atoms with Crippen LogP contribution in [0.2, 0.25) is 0 Å². The minimum Gasteiger partial charge on any atom is -0.497 e. The molecule has 10 heteroatoms. The van der Waals surface area contributed by atoms with Crippen molar-refractivity contribution in [3.8, 4) is 11.5 Å². The van der Waals surface area contributed by atoms with Crippen molar-refractivity contribution in [2.24, 2.45) is 0 Å². The van der Waals surface area contributed by atoms with E-state index in [1.54, 1.807) is 14.2 Å². The smallest absolute Gasteiger partial charge is 0.453 e. The quantitative estimate of drug-likeness (QED) is 0.130. The number of hydrogen-bond donors (Lipinski definition) is 0. The minimum absolute atomic E-state index is 0.0428. The molecule has 0 saturated carbocycles. The molecule has 230 valence electrons. The van der Waals surface area contributed by atoms with E-state index in [1.165, 1.54) is 27.8 Å². The van der Waals surface area contributed by atoms with Crippen LogP contribution in [-0.2, 0) is 10.2 Å². The van der Waals surface area contributed by atoms with Gasteiger partial charge in [0, 0.05) is 35.7 Å². The van der Waals surface area contributed by atoms with Crippen molar-refractivity contribution in [2.75, 3.05) is 44.7 Å². The minimum atomic E-state index is -5.46. The van der Waals surface area contributed by atoms with Crippen LogP contribution in [0.1, 0.15) is 68.9 Å². The molecule has 2 aromatic rings. The highest BCUT2D eigenvalue weighted by atomic mass is 32.2. The lowest BCUT2D eigenvalue weighted by molar-refractivity contribution is -0.284. The van der Waals surface area contributed by atoms with Crippen LogP contribution < -0.4 is 9.47 Å². The van der Waals surface area contributed by atoms with Crippen molar-refractivity contribution in [1.29, 1.82) is 0 Å². The molecule has 0 spiro atoms. The summed E-state index contributed by atoms with van der Waals surface area (Å²) in [4.78, 5) is 1.27. The molecule has 2 atom stereocenters. The molecular weight excluding hydrogens is 579 g/mol. The van der Waals surface area contributed by atoms with Crippen molar-refractivity contribution in [3.63, 3.8) is 0 Å². The van der Waals surface area contributed by atoms with E-state index in [4.69, 9.17) is 14.2 Å². The zero-order chi connectivity index (χ0) is 29.9. The second-order valence-electron chi connectivity index (χ2n) is 10.6. The molecule has 0 N–H and O–H groups in total. The van der Waals surface area contributed by atoms with E-state index in [0.29, 0.717) is 24.9 Å². The summed E-state index contributed by atoms with van der Waals surface area (Å²) in [5.74, 6) is -0.513. The third-order valence-corrected chi connectivity index (χ3v) is 10.3. The fourth-order valence-corrected chi connectivity index (χ4v) is 7.53. The van der Waals surface area contributed by atoms with Gasteiger partial charge in [0.1, 0.15) is 11.5 Å². The SMILES string of the molecule is COc1ccc(C2(C)CSc3cc(OC)ccc3C2CCCOCCCCCSCCCC(F)(F)C(F)(F)F)cc1. The highest BCUT2D eigenvalue weighted by molar-refractivity contribution is 7.99. The molecule has 1 aliphatic heterocycles. The van der Waals surface area contributed by atoms with Crippen molar-refractivity contribution in [3.05, 3.63) is 53.6 Å². The van der Waals surface area contributed by atoms with Crippen LogP contribution in [-0.4, -0.2) is 56.8 Å². The Morgan fingerprint density at radius 2 is 1.51 bits per heavy atom. The first-order valence-corrected chi connectivity index (χ1v) is 16.2. The molecule has 3 rings (SSSR count). The molecule has 1 heterocycles. The fraction of sp³-hybridized carbons (Fsp3) is 0.613. The Balaban J connectivity index is 1.40. The van der Waals surface area contributed by atoms with Crippen LogP contribution in [0.25, 0.3) is 0 Å². The monoisotopic (exact) mass is 620 g/mol. The van der Waals surface area contributed by atoms with Gasteiger partial charge in [-0.2, -0.15) is 33.7 Å². The molecule has 0 fully saturated rings. The highest BCUT2D eigenvalue weighted by Gasteiger charge is 2.56. The lowest BCUT2D eigenvalue weighted by atomic mass is 9.68. The molecule has 0 radical (unpaired) electrons. The molecule has 0 aromatic heterocycles. The summed E-state index contributed by atoms with van der Waals surface area (Å²) < 4.78 is 79.2. The number of hydrogen-bond acceptors (Lipinski definition) is 5. The Morgan fingerprint density at radius 3 is 2.20 bits per heavy atom. The number of ether oxygens (including phenoxy) is 3. The zero-order valence-electron chi connectivity index (χ0n) is 24.0. The molecule has 0 saturated heterocycles. The Morgan fingerprint density at radius 1 is 0.854 bits per heavy atom. The van der Waals surface area contributed by atoms with Gasteiger partial charge in [-0.25, -0.2) is 0 Å². The van der Waals surface area contributed by atoms with E-state index in [9.17, 15) is 22.0 Å². The van der Waals surface area contributed by atoms with Gasteiger partial charge >= 0.3 is 12.1 Å². The predicted octanol–water partition coefficient (Wildman–Crippen LogP) is 9.53. The topological polar surface area (TPSA) is 27.7 Å². The number of fused-ring (bicyclic) bond motifs is 1. The highest BCUT2D eigenvalue weighted by Crippen LogP contribution is 2.52. The predicted molar refractivity (Wildman–Crippen MR) is 158 cm³/mol. The van der Waals surface area contributed by atoms with Gasteiger partial charge in [0.15, 0.2) is 0 Å². The van der Waals surface area contributed by atoms with Crippen LogP contribution in [0.4, 0.5) is 22.0 Å². The number of halogens is 5. The summed E-state index contributed by atoms with van der Waals surface area (Å²) in [5.41, 5.74) is 2.60. The van der Waals surface area contributed by atoms with E-state index < -0.39 is 18.5 Å². The second-order valence-corrected chi connectivity index (χ2v) is 12.9. The van der Waals surface area contributed by atoms with Gasteiger partial charge in [-0.15, -0.1) is 11.8 Å². The third kappa shape index (κ3) is 9.42. The van der Waals surface area contributed by atoms with Gasteiger partial charge in [-0.1, -0.05) is 31.5 Å². The molecule has 0 aliphatic carbocycles. The first kappa shape index (κ1) is 33.8. The molecule has 1 aliphatic rings. The standard InChI is InChI=1S/C31H41F5O3S2/c1-29(23-10-12-24(37-2)13-11-23)22-41-28-21-25(38-3)14-15-26(28)27(29)9-7-18-39-17-5-4-6-19-40-20-8-16-30(32,33)31(34,35)36/h10-15,21,27H,4-9,16-20,22H2,1-3H3. The van der Waals surface area contributed by atoms with Crippen LogP contribution in [0.5, 0.6) is 11.5 Å². The van der Waals surface area contributed by atoms with Gasteiger partial charge in [0.2, 0.25) is 0 Å². The summed E-state index contributed by atoms with van der Waals surface area (Å²) in [6.07, 6.45) is -2.08. The van der Waals surface area contributed by atoms with Gasteiger partial charge < -0.3 is 14.2 Å². The van der Waals surface area contributed by atoms with Gasteiger partial charge in [-0.3, -0.25) is 0 Å². The summed E-state index contributed by atoms with van der Waals surface area (Å²) in [7, 11) is 3.37. The maximum absolute atomic E-state index is 12.9. The number of unbranched alkanes of at least 4 members (excludes halogenated alkanes) is 2. The zero-order valence-corrected chi connectivity index (χ0v) is 25.7. The Kier molecular flexibility index (Phi) is 13.0. The first-order valence-electron chi connectivity index (χ1n) is 14.1. The summed E-state index contributed by atoms with van der Waals surface area (Å²) in [5, 5.41) is 0. The molecule has 2 aromatic carbocycles.